The van der Waals surface area contributed by atoms with E-state index in [-0.39, 0.29) is 27.5 Å². The lowest BCUT2D eigenvalue weighted by atomic mass is 10.1. The van der Waals surface area contributed by atoms with E-state index in [0.29, 0.717) is 0 Å². The van der Waals surface area contributed by atoms with Crippen molar-refractivity contribution in [3.05, 3.63) is 53.6 Å². The maximum absolute atomic E-state index is 12.4. The van der Waals surface area contributed by atoms with Crippen molar-refractivity contribution in [2.24, 2.45) is 5.73 Å². The van der Waals surface area contributed by atoms with Gasteiger partial charge in [0.1, 0.15) is 10.6 Å². The van der Waals surface area contributed by atoms with Crippen LogP contribution in [0, 0.1) is 0 Å². The summed E-state index contributed by atoms with van der Waals surface area (Å²) in [6.07, 6.45) is 0. The molecule has 0 saturated carbocycles. The van der Waals surface area contributed by atoms with Crippen molar-refractivity contribution in [2.45, 2.75) is 4.90 Å². The van der Waals surface area contributed by atoms with Gasteiger partial charge in [0.15, 0.2) is 0 Å². The smallest absolute Gasteiger partial charge is 0.255 e. The number of amides is 2. The van der Waals surface area contributed by atoms with Gasteiger partial charge in [0.25, 0.3) is 5.91 Å². The molecule has 2 aromatic rings. The van der Waals surface area contributed by atoms with Crippen molar-refractivity contribution in [3.8, 4) is 5.75 Å². The third-order valence-corrected chi connectivity index (χ3v) is 5.43. The fourth-order valence-electron chi connectivity index (χ4n) is 2.17. The minimum absolute atomic E-state index is 0.0753. The molecule has 9 heteroatoms. The molecule has 26 heavy (non-hydrogen) atoms. The van der Waals surface area contributed by atoms with E-state index in [9.17, 15) is 18.0 Å². The summed E-state index contributed by atoms with van der Waals surface area (Å²) < 4.78 is 31.0. The minimum Gasteiger partial charge on any atom is -0.495 e. The summed E-state index contributed by atoms with van der Waals surface area (Å²) in [6.45, 7) is 0. The molecule has 0 aliphatic rings. The van der Waals surface area contributed by atoms with E-state index in [1.54, 1.807) is 0 Å². The summed E-state index contributed by atoms with van der Waals surface area (Å²) >= 11 is 0. The summed E-state index contributed by atoms with van der Waals surface area (Å²) in [4.78, 5) is 23.5. The van der Waals surface area contributed by atoms with E-state index >= 15 is 0 Å². The highest BCUT2D eigenvalue weighted by Gasteiger charge is 2.23. The van der Waals surface area contributed by atoms with Gasteiger partial charge < -0.3 is 15.8 Å². The predicted octanol–water partition coefficient (Wildman–Crippen LogP) is 1.30. The van der Waals surface area contributed by atoms with Crippen LogP contribution in [0.15, 0.2) is 47.4 Å². The van der Waals surface area contributed by atoms with E-state index in [2.05, 4.69) is 5.32 Å². The number of methoxy groups -OCH3 is 1. The number of nitrogens with two attached hydrogens (primary N) is 1. The largest absolute Gasteiger partial charge is 0.495 e. The van der Waals surface area contributed by atoms with Crippen LogP contribution in [0.25, 0.3) is 0 Å². The van der Waals surface area contributed by atoms with Gasteiger partial charge in [-0.2, -0.15) is 0 Å². The third-order valence-electron chi connectivity index (χ3n) is 3.59. The third kappa shape index (κ3) is 4.01. The quantitative estimate of drug-likeness (QED) is 0.786. The Morgan fingerprint density at radius 1 is 1.08 bits per heavy atom. The average molecular weight is 377 g/mol. The van der Waals surface area contributed by atoms with Gasteiger partial charge in [0.05, 0.1) is 7.11 Å². The van der Waals surface area contributed by atoms with E-state index in [1.165, 1.54) is 63.7 Å². The first kappa shape index (κ1) is 19.4. The minimum atomic E-state index is -3.76. The van der Waals surface area contributed by atoms with Crippen LogP contribution in [0.4, 0.5) is 5.69 Å². The number of nitrogens with zero attached hydrogens (tertiary/aromatic N) is 1. The van der Waals surface area contributed by atoms with E-state index in [4.69, 9.17) is 10.5 Å². The first-order chi connectivity index (χ1) is 12.2. The number of anilines is 1. The van der Waals surface area contributed by atoms with Crippen molar-refractivity contribution < 1.29 is 22.7 Å². The topological polar surface area (TPSA) is 119 Å². The Bertz CT molecular complexity index is 955. The molecule has 0 fully saturated rings. The van der Waals surface area contributed by atoms with Crippen LogP contribution in [-0.4, -0.2) is 45.7 Å². The number of sulfonamides is 1. The van der Waals surface area contributed by atoms with Crippen molar-refractivity contribution >= 4 is 27.5 Å². The van der Waals surface area contributed by atoms with Crippen LogP contribution < -0.4 is 15.8 Å². The van der Waals surface area contributed by atoms with Crippen LogP contribution in [0.2, 0.25) is 0 Å². The van der Waals surface area contributed by atoms with Crippen LogP contribution >= 0.6 is 0 Å². The number of ether oxygens (including phenoxy) is 1. The number of carbonyl (C=O) groups excluding carboxylic acids is 2. The molecule has 0 atom stereocenters. The molecule has 2 amide bonds. The number of nitrogens with one attached hydrogen (secondary N) is 1. The van der Waals surface area contributed by atoms with Crippen LogP contribution in [0.3, 0.4) is 0 Å². The summed E-state index contributed by atoms with van der Waals surface area (Å²) in [5.74, 6) is -0.998. The number of carbonyl (C=O) groups is 2. The molecule has 0 unspecified atom stereocenters. The van der Waals surface area contributed by atoms with E-state index in [0.717, 1.165) is 4.31 Å². The molecule has 8 nitrogen and oxygen atoms in total. The van der Waals surface area contributed by atoms with Crippen molar-refractivity contribution in [1.29, 1.82) is 0 Å². The molecule has 0 radical (unpaired) electrons. The Morgan fingerprint density at radius 2 is 1.73 bits per heavy atom. The molecule has 0 spiro atoms. The van der Waals surface area contributed by atoms with Crippen molar-refractivity contribution in [2.75, 3.05) is 26.5 Å². The highest BCUT2D eigenvalue weighted by atomic mass is 32.2. The van der Waals surface area contributed by atoms with Gasteiger partial charge in [-0.3, -0.25) is 9.59 Å². The molecule has 0 bridgehead atoms. The Morgan fingerprint density at radius 3 is 2.31 bits per heavy atom. The maximum atomic E-state index is 12.4. The molecular weight excluding hydrogens is 358 g/mol. The zero-order chi connectivity index (χ0) is 19.5. The Kier molecular flexibility index (Phi) is 5.63. The summed E-state index contributed by atoms with van der Waals surface area (Å²) in [6, 6.07) is 10.2. The lowest BCUT2D eigenvalue weighted by Crippen LogP contribution is -2.23. The first-order valence-corrected chi connectivity index (χ1v) is 8.92. The zero-order valence-corrected chi connectivity index (χ0v) is 15.3. The highest BCUT2D eigenvalue weighted by Crippen LogP contribution is 2.29. The maximum Gasteiger partial charge on any atom is 0.255 e. The van der Waals surface area contributed by atoms with Crippen LogP contribution in [-0.2, 0) is 10.0 Å². The predicted molar refractivity (Wildman–Crippen MR) is 96.8 cm³/mol. The molecule has 3 N–H and O–H groups in total. The summed E-state index contributed by atoms with van der Waals surface area (Å²) in [5.41, 5.74) is 5.89. The molecule has 138 valence electrons. The Balaban J connectivity index is 2.37. The molecule has 2 rings (SSSR count). The molecule has 2 aromatic carbocycles. The van der Waals surface area contributed by atoms with Gasteiger partial charge in [-0.1, -0.05) is 6.07 Å². The lowest BCUT2D eigenvalue weighted by molar-refractivity contribution is 0.1000. The number of rotatable bonds is 6. The Labute approximate surface area is 151 Å². The van der Waals surface area contributed by atoms with Gasteiger partial charge in [-0.25, -0.2) is 12.7 Å². The Hall–Kier alpha value is -2.91. The van der Waals surface area contributed by atoms with E-state index < -0.39 is 21.8 Å². The highest BCUT2D eigenvalue weighted by molar-refractivity contribution is 7.89. The second kappa shape index (κ2) is 7.54. The van der Waals surface area contributed by atoms with E-state index in [1.807, 2.05) is 0 Å². The number of hydrogen-bond acceptors (Lipinski definition) is 5. The lowest BCUT2D eigenvalue weighted by Gasteiger charge is -2.16. The van der Waals surface area contributed by atoms with Crippen LogP contribution in [0.1, 0.15) is 20.7 Å². The molecular formula is C17H19N3O5S. The normalized spacial score (nSPS) is 11.2. The molecule has 0 heterocycles. The second-order valence-corrected chi connectivity index (χ2v) is 7.67. The summed E-state index contributed by atoms with van der Waals surface area (Å²) in [7, 11) is 0.390. The molecule has 0 aliphatic heterocycles. The molecule has 0 saturated heterocycles. The van der Waals surface area contributed by atoms with Crippen molar-refractivity contribution in [1.82, 2.24) is 4.31 Å². The summed E-state index contributed by atoms with van der Waals surface area (Å²) in [5, 5.41) is 2.60. The molecule has 0 aromatic heterocycles. The van der Waals surface area contributed by atoms with Crippen LogP contribution in [0.5, 0.6) is 5.75 Å². The number of hydrogen-bond donors (Lipinski definition) is 2. The zero-order valence-electron chi connectivity index (χ0n) is 14.5. The number of benzene rings is 2. The SMILES string of the molecule is COc1ccc(NC(=O)c2cccc(C(N)=O)c2)cc1S(=O)(=O)N(C)C. The first-order valence-electron chi connectivity index (χ1n) is 7.48. The van der Waals surface area contributed by atoms with Gasteiger partial charge in [-0.15, -0.1) is 0 Å². The van der Waals surface area contributed by atoms with Crippen molar-refractivity contribution in [3.63, 3.8) is 0 Å². The fraction of sp³-hybridized carbons (Fsp3) is 0.176. The monoisotopic (exact) mass is 377 g/mol. The standard InChI is InChI=1S/C17H19N3O5S/c1-20(2)26(23,24)15-10-13(7-8-14(15)25-3)19-17(22)12-6-4-5-11(9-12)16(18)21/h4-10H,1-3H3,(H2,18,21)(H,19,22). The second-order valence-electron chi connectivity index (χ2n) is 5.55. The van der Waals surface area contributed by atoms with Gasteiger partial charge in [-0.05, 0) is 36.4 Å². The van der Waals surface area contributed by atoms with Gasteiger partial charge >= 0.3 is 0 Å². The van der Waals surface area contributed by atoms with Gasteiger partial charge in [0.2, 0.25) is 15.9 Å². The number of primary amides is 1. The average Bonchev–Trinajstić information content (AvgIpc) is 2.61. The molecule has 0 aliphatic carbocycles. The van der Waals surface area contributed by atoms with Gasteiger partial charge in [0, 0.05) is 30.9 Å². The fourth-order valence-corrected chi connectivity index (χ4v) is 3.24.